The van der Waals surface area contributed by atoms with Gasteiger partial charge in [0, 0.05) is 76.8 Å². The van der Waals surface area contributed by atoms with Gasteiger partial charge in [-0.2, -0.15) is 18.4 Å². The summed E-state index contributed by atoms with van der Waals surface area (Å²) in [5.74, 6) is -0.0412. The van der Waals surface area contributed by atoms with E-state index >= 15 is 0 Å². The van der Waals surface area contributed by atoms with Gasteiger partial charge >= 0.3 is 6.18 Å². The molecule has 0 aliphatic carbocycles. The molecule has 0 radical (unpaired) electrons. The van der Waals surface area contributed by atoms with Crippen LogP contribution in [0.5, 0.6) is 5.75 Å². The summed E-state index contributed by atoms with van der Waals surface area (Å²) in [6.07, 6.45) is -3.93. The van der Waals surface area contributed by atoms with E-state index in [9.17, 15) is 28.1 Å². The van der Waals surface area contributed by atoms with Crippen LogP contribution in [0, 0.1) is 21.4 Å². The fourth-order valence-electron chi connectivity index (χ4n) is 4.78. The zero-order valence-corrected chi connectivity index (χ0v) is 20.7. The lowest BCUT2D eigenvalue weighted by Gasteiger charge is -2.37. The molecule has 2 saturated heterocycles. The molecule has 1 amide bonds. The summed E-state index contributed by atoms with van der Waals surface area (Å²) in [4.78, 5) is 28.9. The number of hydrogen-bond donors (Lipinski definition) is 0. The molecular weight excluding hydrogens is 503 g/mol. The van der Waals surface area contributed by atoms with Crippen molar-refractivity contribution < 1.29 is 27.6 Å². The summed E-state index contributed by atoms with van der Waals surface area (Å²) < 4.78 is 45.3. The average molecular weight is 532 g/mol. The first-order chi connectivity index (χ1) is 18.1. The van der Waals surface area contributed by atoms with Crippen molar-refractivity contribution in [2.75, 3.05) is 50.7 Å². The Balaban J connectivity index is 1.20. The standard InChI is InChI=1S/C26H28F3N5O4/c27-26(28,29)23-17-22(5-6-24(23)34(36)37)38-21-7-11-33(12-8-21)25(35)9-10-31-13-15-32(16-14-31)20-3-1-19(18-30)2-4-20/h1-6,17,21H,7-16H2. The maximum Gasteiger partial charge on any atom is 0.423 e. The third-order valence-corrected chi connectivity index (χ3v) is 6.94. The van der Waals surface area contributed by atoms with Crippen LogP contribution in [-0.2, 0) is 11.0 Å². The molecule has 0 N–H and O–H groups in total. The van der Waals surface area contributed by atoms with Gasteiger partial charge in [-0.25, -0.2) is 0 Å². The Kier molecular flexibility index (Phi) is 8.36. The van der Waals surface area contributed by atoms with Gasteiger partial charge in [-0.1, -0.05) is 0 Å². The second-order valence-electron chi connectivity index (χ2n) is 9.37. The van der Waals surface area contributed by atoms with Crippen molar-refractivity contribution in [2.45, 2.75) is 31.5 Å². The first-order valence-electron chi connectivity index (χ1n) is 12.4. The molecule has 2 heterocycles. The highest BCUT2D eigenvalue weighted by molar-refractivity contribution is 5.76. The molecule has 202 valence electrons. The number of nitrogens with zero attached hydrogens (tertiary/aromatic N) is 5. The maximum atomic E-state index is 13.2. The number of piperidine rings is 1. The molecule has 2 aliphatic heterocycles. The number of carbonyl (C=O) groups excluding carboxylic acids is 1. The fourth-order valence-corrected chi connectivity index (χ4v) is 4.78. The van der Waals surface area contributed by atoms with Crippen molar-refractivity contribution in [3.05, 3.63) is 63.7 Å². The number of alkyl halides is 3. The van der Waals surface area contributed by atoms with E-state index in [1.165, 1.54) is 6.07 Å². The number of nitriles is 1. The number of anilines is 1. The highest BCUT2D eigenvalue weighted by Gasteiger charge is 2.39. The average Bonchev–Trinajstić information content (AvgIpc) is 2.92. The molecule has 12 heteroatoms. The van der Waals surface area contributed by atoms with E-state index in [4.69, 9.17) is 10.00 Å². The van der Waals surface area contributed by atoms with E-state index in [0.29, 0.717) is 50.5 Å². The zero-order valence-electron chi connectivity index (χ0n) is 20.7. The Morgan fingerprint density at radius 3 is 2.29 bits per heavy atom. The van der Waals surface area contributed by atoms with Gasteiger partial charge in [-0.15, -0.1) is 0 Å². The summed E-state index contributed by atoms with van der Waals surface area (Å²) in [5.41, 5.74) is -0.650. The van der Waals surface area contributed by atoms with Crippen LogP contribution in [-0.4, -0.2) is 72.5 Å². The molecule has 0 atom stereocenters. The summed E-state index contributed by atoms with van der Waals surface area (Å²) in [6, 6.07) is 12.3. The predicted octanol–water partition coefficient (Wildman–Crippen LogP) is 4.07. The number of halogens is 3. The second kappa shape index (κ2) is 11.7. The summed E-state index contributed by atoms with van der Waals surface area (Å²) in [7, 11) is 0. The molecule has 38 heavy (non-hydrogen) atoms. The molecule has 2 aromatic carbocycles. The van der Waals surface area contributed by atoms with Gasteiger partial charge in [-0.05, 0) is 36.4 Å². The Morgan fingerprint density at radius 2 is 1.71 bits per heavy atom. The minimum Gasteiger partial charge on any atom is -0.490 e. The van der Waals surface area contributed by atoms with E-state index in [1.807, 2.05) is 12.1 Å². The van der Waals surface area contributed by atoms with E-state index in [2.05, 4.69) is 15.9 Å². The van der Waals surface area contributed by atoms with E-state index in [-0.39, 0.29) is 17.8 Å². The maximum absolute atomic E-state index is 13.2. The normalized spacial score (nSPS) is 17.2. The van der Waals surface area contributed by atoms with Gasteiger partial charge in [0.2, 0.25) is 5.91 Å². The summed E-state index contributed by atoms with van der Waals surface area (Å²) in [5, 5.41) is 19.9. The lowest BCUT2D eigenvalue weighted by atomic mass is 10.1. The first-order valence-corrected chi connectivity index (χ1v) is 12.4. The largest absolute Gasteiger partial charge is 0.490 e. The van der Waals surface area contributed by atoms with Crippen LogP contribution in [0.4, 0.5) is 24.5 Å². The van der Waals surface area contributed by atoms with E-state index < -0.39 is 22.4 Å². The predicted molar refractivity (Wildman–Crippen MR) is 133 cm³/mol. The fraction of sp³-hybridized carbons (Fsp3) is 0.462. The van der Waals surface area contributed by atoms with Gasteiger partial charge < -0.3 is 14.5 Å². The van der Waals surface area contributed by atoms with Crippen LogP contribution in [0.25, 0.3) is 0 Å². The number of nitro groups is 1. The minimum atomic E-state index is -4.87. The van der Waals surface area contributed by atoms with Gasteiger partial charge in [0.25, 0.3) is 5.69 Å². The number of nitro benzene ring substituents is 1. The molecule has 4 rings (SSSR count). The number of benzene rings is 2. The van der Waals surface area contributed by atoms with Crippen LogP contribution < -0.4 is 9.64 Å². The van der Waals surface area contributed by atoms with E-state index in [1.54, 1.807) is 17.0 Å². The van der Waals surface area contributed by atoms with Crippen LogP contribution in [0.1, 0.15) is 30.4 Å². The van der Waals surface area contributed by atoms with Crippen molar-refractivity contribution in [3.8, 4) is 11.8 Å². The Hall–Kier alpha value is -3.85. The monoisotopic (exact) mass is 531 g/mol. The van der Waals surface area contributed by atoms with Crippen LogP contribution in [0.2, 0.25) is 0 Å². The quantitative estimate of drug-likeness (QED) is 0.392. The van der Waals surface area contributed by atoms with Crippen molar-refractivity contribution in [1.82, 2.24) is 9.80 Å². The third-order valence-electron chi connectivity index (χ3n) is 6.94. The van der Waals surface area contributed by atoms with Crippen molar-refractivity contribution in [1.29, 1.82) is 5.26 Å². The SMILES string of the molecule is N#Cc1ccc(N2CCN(CCC(=O)N3CCC(Oc4ccc([N+](=O)[O-])c(C(F)(F)F)c4)CC3)CC2)cc1. The lowest BCUT2D eigenvalue weighted by Crippen LogP contribution is -2.48. The van der Waals surface area contributed by atoms with Gasteiger partial charge in [0.05, 0.1) is 16.6 Å². The molecular formula is C26H28F3N5O4. The van der Waals surface area contributed by atoms with Gasteiger partial charge in [0.15, 0.2) is 0 Å². The van der Waals surface area contributed by atoms with Gasteiger partial charge in [0.1, 0.15) is 17.4 Å². The molecule has 9 nitrogen and oxygen atoms in total. The number of likely N-dealkylation sites (tertiary alicyclic amines) is 1. The van der Waals surface area contributed by atoms with Crippen molar-refractivity contribution in [2.24, 2.45) is 0 Å². The van der Waals surface area contributed by atoms with Gasteiger partial charge in [-0.3, -0.25) is 19.8 Å². The molecule has 0 spiro atoms. The molecule has 0 aromatic heterocycles. The van der Waals surface area contributed by atoms with Crippen LogP contribution in [0.15, 0.2) is 42.5 Å². The minimum absolute atomic E-state index is 0.0349. The van der Waals surface area contributed by atoms with E-state index in [0.717, 1.165) is 37.9 Å². The van der Waals surface area contributed by atoms with Crippen molar-refractivity contribution in [3.63, 3.8) is 0 Å². The number of hydrogen-bond acceptors (Lipinski definition) is 7. The second-order valence-corrected chi connectivity index (χ2v) is 9.37. The smallest absolute Gasteiger partial charge is 0.423 e. The number of piperazine rings is 1. The third kappa shape index (κ3) is 6.72. The molecule has 0 bridgehead atoms. The highest BCUT2D eigenvalue weighted by atomic mass is 19.4. The first kappa shape index (κ1) is 27.2. The zero-order chi connectivity index (χ0) is 27.3. The molecule has 0 saturated carbocycles. The number of ether oxygens (including phenoxy) is 1. The molecule has 2 aromatic rings. The number of amides is 1. The van der Waals surface area contributed by atoms with Crippen molar-refractivity contribution >= 4 is 17.3 Å². The Morgan fingerprint density at radius 1 is 1.05 bits per heavy atom. The molecule has 0 unspecified atom stereocenters. The van der Waals surface area contributed by atoms with Crippen LogP contribution >= 0.6 is 0 Å². The summed E-state index contributed by atoms with van der Waals surface area (Å²) >= 11 is 0. The lowest BCUT2D eigenvalue weighted by molar-refractivity contribution is -0.388. The topological polar surface area (TPSA) is 103 Å². The number of carbonyl (C=O) groups is 1. The Labute approximate surface area is 218 Å². The Bertz CT molecular complexity index is 1180. The number of rotatable bonds is 7. The van der Waals surface area contributed by atoms with Crippen LogP contribution in [0.3, 0.4) is 0 Å². The summed E-state index contributed by atoms with van der Waals surface area (Å²) in [6.45, 7) is 4.86. The molecule has 2 aliphatic rings. The highest BCUT2D eigenvalue weighted by Crippen LogP contribution is 2.38. The molecule has 2 fully saturated rings.